The minimum Gasteiger partial charge on any atom is -0.317 e. The summed E-state index contributed by atoms with van der Waals surface area (Å²) in [6.45, 7) is 6.13. The maximum Gasteiger partial charge on any atom is 0.115 e. The second kappa shape index (κ2) is 7.41. The molecule has 1 rings (SSSR count). The average molecular weight is 194 g/mol. The molecule has 0 saturated heterocycles. The van der Waals surface area contributed by atoms with Gasteiger partial charge in [0.25, 0.3) is 0 Å². The van der Waals surface area contributed by atoms with E-state index in [9.17, 15) is 0 Å². The molecular weight excluding hydrogens is 176 g/mol. The number of hydrogen-bond donors (Lipinski definition) is 2. The number of nitrogens with one attached hydrogen (secondary N) is 2. The van der Waals surface area contributed by atoms with E-state index in [0.29, 0.717) is 0 Å². The van der Waals surface area contributed by atoms with Crippen molar-refractivity contribution in [1.29, 1.82) is 0 Å². The second-order valence-corrected chi connectivity index (χ2v) is 3.13. The van der Waals surface area contributed by atoms with Gasteiger partial charge in [-0.3, -0.25) is 0 Å². The molecule has 4 heteroatoms. The van der Waals surface area contributed by atoms with Gasteiger partial charge < -0.3 is 10.6 Å². The van der Waals surface area contributed by atoms with Crippen molar-refractivity contribution in [2.45, 2.75) is 19.9 Å². The molecule has 0 bridgehead atoms. The van der Waals surface area contributed by atoms with Crippen LogP contribution in [0.2, 0.25) is 0 Å². The highest BCUT2D eigenvalue weighted by Crippen LogP contribution is 1.90. The molecule has 0 aliphatic heterocycles. The Morgan fingerprint density at radius 3 is 2.57 bits per heavy atom. The quantitative estimate of drug-likeness (QED) is 0.623. The molecular formula is C10H18N4. The fourth-order valence-electron chi connectivity index (χ4n) is 1.17. The van der Waals surface area contributed by atoms with E-state index in [1.54, 1.807) is 6.33 Å². The number of nitrogens with zero attached hydrogens (tertiary/aromatic N) is 2. The van der Waals surface area contributed by atoms with E-state index in [2.05, 4.69) is 27.5 Å². The summed E-state index contributed by atoms with van der Waals surface area (Å²) in [5.74, 6) is 0. The lowest BCUT2D eigenvalue weighted by Crippen LogP contribution is -2.21. The Morgan fingerprint density at radius 1 is 1.14 bits per heavy atom. The summed E-state index contributed by atoms with van der Waals surface area (Å²) < 4.78 is 0. The smallest absolute Gasteiger partial charge is 0.115 e. The Labute approximate surface area is 85.2 Å². The van der Waals surface area contributed by atoms with Gasteiger partial charge in [0, 0.05) is 24.5 Å². The molecule has 0 unspecified atom stereocenters. The number of aromatic nitrogens is 2. The molecule has 0 atom stereocenters. The van der Waals surface area contributed by atoms with Gasteiger partial charge in [0.2, 0.25) is 0 Å². The molecule has 0 saturated carbocycles. The van der Waals surface area contributed by atoms with Crippen molar-refractivity contribution in [1.82, 2.24) is 20.6 Å². The number of rotatable bonds is 7. The van der Waals surface area contributed by atoms with Gasteiger partial charge in [0.05, 0.1) is 0 Å². The molecule has 0 radical (unpaired) electrons. The normalized spacial score (nSPS) is 10.4. The van der Waals surface area contributed by atoms with Crippen molar-refractivity contribution >= 4 is 0 Å². The van der Waals surface area contributed by atoms with Gasteiger partial charge in [-0.1, -0.05) is 6.92 Å². The molecule has 0 aliphatic rings. The van der Waals surface area contributed by atoms with Crippen LogP contribution in [-0.4, -0.2) is 29.6 Å². The first-order valence-electron chi connectivity index (χ1n) is 5.09. The van der Waals surface area contributed by atoms with Crippen LogP contribution < -0.4 is 10.6 Å². The lowest BCUT2D eigenvalue weighted by molar-refractivity contribution is 0.605. The molecule has 0 aromatic carbocycles. The summed E-state index contributed by atoms with van der Waals surface area (Å²) in [5, 5.41) is 6.62. The zero-order valence-electron chi connectivity index (χ0n) is 8.66. The first-order valence-corrected chi connectivity index (χ1v) is 5.09. The zero-order valence-corrected chi connectivity index (χ0v) is 8.66. The van der Waals surface area contributed by atoms with Crippen LogP contribution >= 0.6 is 0 Å². The summed E-state index contributed by atoms with van der Waals surface area (Å²) >= 11 is 0. The maximum absolute atomic E-state index is 3.95. The molecule has 2 N–H and O–H groups in total. The largest absolute Gasteiger partial charge is 0.317 e. The first-order chi connectivity index (χ1) is 6.93. The minimum atomic E-state index is 0.854. The van der Waals surface area contributed by atoms with Gasteiger partial charge in [-0.05, 0) is 26.1 Å². The Kier molecular flexibility index (Phi) is 5.86. The zero-order chi connectivity index (χ0) is 10.1. The van der Waals surface area contributed by atoms with Crippen LogP contribution in [0, 0.1) is 0 Å². The van der Waals surface area contributed by atoms with Crippen LogP contribution in [0.25, 0.3) is 0 Å². The Morgan fingerprint density at radius 2 is 1.86 bits per heavy atom. The van der Waals surface area contributed by atoms with Crippen LogP contribution in [-0.2, 0) is 6.54 Å². The van der Waals surface area contributed by atoms with Crippen LogP contribution in [0.5, 0.6) is 0 Å². The van der Waals surface area contributed by atoms with Crippen LogP contribution in [0.1, 0.15) is 18.9 Å². The molecule has 4 nitrogen and oxygen atoms in total. The topological polar surface area (TPSA) is 49.8 Å². The minimum absolute atomic E-state index is 0.854. The van der Waals surface area contributed by atoms with Crippen LogP contribution in [0.15, 0.2) is 18.7 Å². The van der Waals surface area contributed by atoms with E-state index in [0.717, 1.165) is 38.2 Å². The van der Waals surface area contributed by atoms with E-state index < -0.39 is 0 Å². The fourth-order valence-corrected chi connectivity index (χ4v) is 1.17. The summed E-state index contributed by atoms with van der Waals surface area (Å²) in [6, 6.07) is 0. The highest BCUT2D eigenvalue weighted by molar-refractivity contribution is 5.01. The second-order valence-electron chi connectivity index (χ2n) is 3.13. The van der Waals surface area contributed by atoms with E-state index in [1.165, 1.54) is 0 Å². The third-order valence-corrected chi connectivity index (χ3v) is 1.90. The van der Waals surface area contributed by atoms with E-state index >= 15 is 0 Å². The third kappa shape index (κ3) is 4.89. The van der Waals surface area contributed by atoms with Crippen molar-refractivity contribution in [2.75, 3.05) is 19.6 Å². The van der Waals surface area contributed by atoms with E-state index in [1.807, 2.05) is 12.4 Å². The van der Waals surface area contributed by atoms with Gasteiger partial charge in [-0.15, -0.1) is 0 Å². The van der Waals surface area contributed by atoms with Gasteiger partial charge in [-0.2, -0.15) is 0 Å². The van der Waals surface area contributed by atoms with Gasteiger partial charge in [0.15, 0.2) is 0 Å². The predicted molar refractivity (Wildman–Crippen MR) is 56.9 cm³/mol. The van der Waals surface area contributed by atoms with Crippen LogP contribution in [0.4, 0.5) is 0 Å². The van der Waals surface area contributed by atoms with E-state index in [-0.39, 0.29) is 0 Å². The van der Waals surface area contributed by atoms with Crippen molar-refractivity contribution < 1.29 is 0 Å². The molecule has 0 spiro atoms. The SMILES string of the molecule is CCNCCCNCc1cncnc1. The molecule has 0 fully saturated rings. The van der Waals surface area contributed by atoms with Crippen molar-refractivity contribution in [3.05, 3.63) is 24.3 Å². The van der Waals surface area contributed by atoms with Gasteiger partial charge >= 0.3 is 0 Å². The molecule has 0 amide bonds. The Hall–Kier alpha value is -1.00. The van der Waals surface area contributed by atoms with E-state index in [4.69, 9.17) is 0 Å². The van der Waals surface area contributed by atoms with Crippen molar-refractivity contribution in [3.8, 4) is 0 Å². The summed E-state index contributed by atoms with van der Waals surface area (Å²) in [5.41, 5.74) is 1.14. The molecule has 1 aromatic heterocycles. The predicted octanol–water partition coefficient (Wildman–Crippen LogP) is 0.566. The molecule has 14 heavy (non-hydrogen) atoms. The molecule has 1 aromatic rings. The Balaban J connectivity index is 1.99. The van der Waals surface area contributed by atoms with Crippen molar-refractivity contribution in [2.24, 2.45) is 0 Å². The average Bonchev–Trinajstić information content (AvgIpc) is 2.25. The summed E-state index contributed by atoms with van der Waals surface area (Å²) in [4.78, 5) is 7.90. The highest BCUT2D eigenvalue weighted by Gasteiger charge is 1.91. The molecule has 78 valence electrons. The van der Waals surface area contributed by atoms with Crippen molar-refractivity contribution in [3.63, 3.8) is 0 Å². The molecule has 0 aliphatic carbocycles. The lowest BCUT2D eigenvalue weighted by atomic mass is 10.3. The van der Waals surface area contributed by atoms with Gasteiger partial charge in [0.1, 0.15) is 6.33 Å². The molecule has 1 heterocycles. The monoisotopic (exact) mass is 194 g/mol. The number of hydrogen-bond acceptors (Lipinski definition) is 4. The third-order valence-electron chi connectivity index (χ3n) is 1.90. The standard InChI is InChI=1S/C10H18N4/c1-2-11-4-3-5-12-6-10-7-13-9-14-8-10/h7-9,11-12H,2-6H2,1H3. The lowest BCUT2D eigenvalue weighted by Gasteiger charge is -2.04. The summed E-state index contributed by atoms with van der Waals surface area (Å²) in [6.07, 6.45) is 6.38. The maximum atomic E-state index is 3.95. The Bertz CT molecular complexity index is 225. The van der Waals surface area contributed by atoms with Crippen LogP contribution in [0.3, 0.4) is 0 Å². The summed E-state index contributed by atoms with van der Waals surface area (Å²) in [7, 11) is 0. The fraction of sp³-hybridized carbons (Fsp3) is 0.600. The highest BCUT2D eigenvalue weighted by atomic mass is 14.9. The van der Waals surface area contributed by atoms with Gasteiger partial charge in [-0.25, -0.2) is 9.97 Å². The first kappa shape index (κ1) is 11.1.